The Kier molecular flexibility index (Phi) is 5.33. The Balaban J connectivity index is 1.41. The molecule has 1 heterocycles. The van der Waals surface area contributed by atoms with E-state index in [-0.39, 0.29) is 17.4 Å². The molecule has 0 bridgehead atoms. The molecule has 4 rings (SSSR count). The van der Waals surface area contributed by atoms with Crippen LogP contribution in [0.25, 0.3) is 0 Å². The van der Waals surface area contributed by atoms with E-state index in [4.69, 9.17) is 0 Å². The van der Waals surface area contributed by atoms with Gasteiger partial charge in [-0.15, -0.1) is 0 Å². The van der Waals surface area contributed by atoms with Crippen molar-refractivity contribution >= 4 is 23.3 Å². The Morgan fingerprint density at radius 3 is 2.36 bits per heavy atom. The van der Waals surface area contributed by atoms with Crippen LogP contribution in [0.5, 0.6) is 0 Å². The molecule has 2 aromatic carbocycles. The maximum atomic E-state index is 12.0. The van der Waals surface area contributed by atoms with Crippen molar-refractivity contribution in [2.75, 3.05) is 23.3 Å². The number of aromatic carboxylic acids is 1. The highest BCUT2D eigenvalue weighted by Gasteiger charge is 2.30. The molecule has 5 heteroatoms. The third kappa shape index (κ3) is 4.35. The number of amides is 1. The van der Waals surface area contributed by atoms with Gasteiger partial charge in [0.2, 0.25) is 5.91 Å². The first-order chi connectivity index (χ1) is 13.6. The SMILES string of the molecule is O=C(O)c1cc(N2CCC(Cc3ccccc3)CC2)ccc1NC(=O)C1CC1. The fraction of sp³-hybridized carbons (Fsp3) is 0.391. The second-order valence-electron chi connectivity index (χ2n) is 7.92. The largest absolute Gasteiger partial charge is 0.478 e. The molecule has 146 valence electrons. The molecule has 1 aliphatic carbocycles. The first kappa shape index (κ1) is 18.5. The standard InChI is InChI=1S/C23H26N2O3/c26-22(18-6-7-18)24-21-9-8-19(15-20(21)23(27)28)25-12-10-17(11-13-25)14-16-4-2-1-3-5-16/h1-5,8-9,15,17-18H,6-7,10-14H2,(H,24,26)(H,27,28). The summed E-state index contributed by atoms with van der Waals surface area (Å²) in [6.45, 7) is 1.84. The predicted octanol–water partition coefficient (Wildman–Crippen LogP) is 4.19. The van der Waals surface area contributed by atoms with E-state index in [0.717, 1.165) is 50.9 Å². The molecular weight excluding hydrogens is 352 g/mol. The van der Waals surface area contributed by atoms with Crippen molar-refractivity contribution in [3.05, 3.63) is 59.7 Å². The molecule has 1 saturated heterocycles. The summed E-state index contributed by atoms with van der Waals surface area (Å²) in [6.07, 6.45) is 5.07. The van der Waals surface area contributed by atoms with Crippen molar-refractivity contribution in [2.45, 2.75) is 32.1 Å². The predicted molar refractivity (Wildman–Crippen MR) is 110 cm³/mol. The van der Waals surface area contributed by atoms with E-state index in [1.165, 1.54) is 5.56 Å². The van der Waals surface area contributed by atoms with Gasteiger partial charge in [0, 0.05) is 24.7 Å². The molecule has 28 heavy (non-hydrogen) atoms. The summed E-state index contributed by atoms with van der Waals surface area (Å²) in [7, 11) is 0. The molecule has 0 aromatic heterocycles. The van der Waals surface area contributed by atoms with E-state index in [9.17, 15) is 14.7 Å². The van der Waals surface area contributed by atoms with Crippen LogP contribution in [0.1, 0.15) is 41.6 Å². The maximum absolute atomic E-state index is 12.0. The Hall–Kier alpha value is -2.82. The Morgan fingerprint density at radius 1 is 1.00 bits per heavy atom. The quantitative estimate of drug-likeness (QED) is 0.791. The van der Waals surface area contributed by atoms with Gasteiger partial charge in [0.05, 0.1) is 11.3 Å². The molecule has 0 unspecified atom stereocenters. The molecule has 5 nitrogen and oxygen atoms in total. The molecule has 1 amide bonds. The molecule has 2 aliphatic rings. The van der Waals surface area contributed by atoms with Gasteiger partial charge in [-0.05, 0) is 61.8 Å². The number of rotatable bonds is 6. The van der Waals surface area contributed by atoms with E-state index in [1.54, 1.807) is 12.1 Å². The topological polar surface area (TPSA) is 69.6 Å². The van der Waals surface area contributed by atoms with Gasteiger partial charge in [0.15, 0.2) is 0 Å². The number of carboxylic acids is 1. The Bertz CT molecular complexity index is 853. The minimum atomic E-state index is -1.01. The summed E-state index contributed by atoms with van der Waals surface area (Å²) < 4.78 is 0. The van der Waals surface area contributed by atoms with Crippen LogP contribution in [0, 0.1) is 11.8 Å². The third-order valence-corrected chi connectivity index (χ3v) is 5.79. The lowest BCUT2D eigenvalue weighted by atomic mass is 9.90. The third-order valence-electron chi connectivity index (χ3n) is 5.79. The number of piperidine rings is 1. The van der Waals surface area contributed by atoms with Crippen LogP contribution in [0.3, 0.4) is 0 Å². The lowest BCUT2D eigenvalue weighted by Gasteiger charge is -2.34. The molecule has 0 atom stereocenters. The number of carboxylic acid groups (broad SMARTS) is 1. The van der Waals surface area contributed by atoms with Crippen molar-refractivity contribution in [1.29, 1.82) is 0 Å². The summed E-state index contributed by atoms with van der Waals surface area (Å²) in [5.41, 5.74) is 2.86. The lowest BCUT2D eigenvalue weighted by molar-refractivity contribution is -0.117. The van der Waals surface area contributed by atoms with E-state index in [1.807, 2.05) is 12.1 Å². The van der Waals surface area contributed by atoms with Gasteiger partial charge in [-0.2, -0.15) is 0 Å². The summed E-state index contributed by atoms with van der Waals surface area (Å²) in [4.78, 5) is 26.0. The number of anilines is 2. The minimum absolute atomic E-state index is 0.0463. The van der Waals surface area contributed by atoms with Crippen LogP contribution in [0.2, 0.25) is 0 Å². The maximum Gasteiger partial charge on any atom is 0.337 e. The van der Waals surface area contributed by atoms with Crippen LogP contribution >= 0.6 is 0 Å². The van der Waals surface area contributed by atoms with E-state index in [2.05, 4.69) is 34.5 Å². The van der Waals surface area contributed by atoms with Gasteiger partial charge in [0.1, 0.15) is 0 Å². The minimum Gasteiger partial charge on any atom is -0.478 e. The number of hydrogen-bond acceptors (Lipinski definition) is 3. The molecule has 0 radical (unpaired) electrons. The van der Waals surface area contributed by atoms with Gasteiger partial charge < -0.3 is 15.3 Å². The van der Waals surface area contributed by atoms with Gasteiger partial charge in [-0.25, -0.2) is 4.79 Å². The molecule has 2 fully saturated rings. The summed E-state index contributed by atoms with van der Waals surface area (Å²) in [5.74, 6) is -0.372. The number of carbonyl (C=O) groups excluding carboxylic acids is 1. The zero-order valence-electron chi connectivity index (χ0n) is 15.9. The lowest BCUT2D eigenvalue weighted by Crippen LogP contribution is -2.34. The summed E-state index contributed by atoms with van der Waals surface area (Å²) in [5, 5.41) is 12.4. The number of nitrogens with one attached hydrogen (secondary N) is 1. The fourth-order valence-corrected chi connectivity index (χ4v) is 3.94. The second-order valence-corrected chi connectivity index (χ2v) is 7.92. The molecular formula is C23H26N2O3. The van der Waals surface area contributed by atoms with E-state index < -0.39 is 5.97 Å². The van der Waals surface area contributed by atoms with Crippen molar-refractivity contribution < 1.29 is 14.7 Å². The van der Waals surface area contributed by atoms with Crippen LogP contribution in [-0.4, -0.2) is 30.1 Å². The number of carbonyl (C=O) groups is 2. The normalized spacial score (nSPS) is 17.4. The molecule has 2 N–H and O–H groups in total. The van der Waals surface area contributed by atoms with Crippen LogP contribution in [-0.2, 0) is 11.2 Å². The Labute approximate surface area is 165 Å². The van der Waals surface area contributed by atoms with Crippen LogP contribution < -0.4 is 10.2 Å². The van der Waals surface area contributed by atoms with Crippen molar-refractivity contribution in [3.63, 3.8) is 0 Å². The highest BCUT2D eigenvalue weighted by molar-refractivity contribution is 6.02. The van der Waals surface area contributed by atoms with E-state index >= 15 is 0 Å². The van der Waals surface area contributed by atoms with Gasteiger partial charge >= 0.3 is 5.97 Å². The van der Waals surface area contributed by atoms with Crippen molar-refractivity contribution in [3.8, 4) is 0 Å². The molecule has 1 aliphatic heterocycles. The monoisotopic (exact) mass is 378 g/mol. The van der Waals surface area contributed by atoms with Crippen molar-refractivity contribution in [1.82, 2.24) is 0 Å². The zero-order chi connectivity index (χ0) is 19.5. The van der Waals surface area contributed by atoms with Gasteiger partial charge in [0.25, 0.3) is 0 Å². The first-order valence-corrected chi connectivity index (χ1v) is 10.1. The number of benzene rings is 2. The Morgan fingerprint density at radius 2 is 1.71 bits per heavy atom. The number of hydrogen-bond donors (Lipinski definition) is 2. The van der Waals surface area contributed by atoms with Crippen molar-refractivity contribution in [2.24, 2.45) is 11.8 Å². The zero-order valence-corrected chi connectivity index (χ0v) is 15.9. The molecule has 2 aromatic rings. The van der Waals surface area contributed by atoms with Crippen LogP contribution in [0.4, 0.5) is 11.4 Å². The summed E-state index contributed by atoms with van der Waals surface area (Å²) >= 11 is 0. The first-order valence-electron chi connectivity index (χ1n) is 10.1. The van der Waals surface area contributed by atoms with Crippen LogP contribution in [0.15, 0.2) is 48.5 Å². The van der Waals surface area contributed by atoms with E-state index in [0.29, 0.717) is 11.6 Å². The highest BCUT2D eigenvalue weighted by Crippen LogP contribution is 2.32. The van der Waals surface area contributed by atoms with Gasteiger partial charge in [-0.1, -0.05) is 30.3 Å². The smallest absolute Gasteiger partial charge is 0.337 e. The highest BCUT2D eigenvalue weighted by atomic mass is 16.4. The second kappa shape index (κ2) is 8.05. The fourth-order valence-electron chi connectivity index (χ4n) is 3.94. The molecule has 1 saturated carbocycles. The number of nitrogens with zero attached hydrogens (tertiary/aromatic N) is 1. The van der Waals surface area contributed by atoms with Gasteiger partial charge in [-0.3, -0.25) is 4.79 Å². The average Bonchev–Trinajstić information content (AvgIpc) is 3.55. The molecule has 0 spiro atoms. The average molecular weight is 378 g/mol. The summed E-state index contributed by atoms with van der Waals surface area (Å²) in [6, 6.07) is 15.9.